The molecule has 0 aromatic carbocycles. The molecule has 4 heteroatoms. The van der Waals surface area contributed by atoms with Crippen molar-refractivity contribution in [3.63, 3.8) is 0 Å². The van der Waals surface area contributed by atoms with Crippen molar-refractivity contribution in [2.45, 2.75) is 46.5 Å². The second-order valence-electron chi connectivity index (χ2n) is 5.57. The molecule has 0 atom stereocenters. The van der Waals surface area contributed by atoms with E-state index in [1.54, 1.807) is 0 Å². The molecule has 1 aliphatic heterocycles. The lowest BCUT2D eigenvalue weighted by Crippen LogP contribution is -2.30. The molecule has 4 nitrogen and oxygen atoms in total. The van der Waals surface area contributed by atoms with Crippen molar-refractivity contribution in [3.8, 4) is 0 Å². The minimum Gasteiger partial charge on any atom is -0.355 e. The van der Waals surface area contributed by atoms with E-state index >= 15 is 0 Å². The zero-order valence-electron chi connectivity index (χ0n) is 12.7. The first-order valence-electron chi connectivity index (χ1n) is 7.46. The maximum atomic E-state index is 4.86. The Morgan fingerprint density at radius 2 is 2.00 bits per heavy atom. The van der Waals surface area contributed by atoms with E-state index in [1.807, 2.05) is 0 Å². The van der Waals surface area contributed by atoms with E-state index in [0.717, 1.165) is 44.1 Å². The number of aromatic nitrogens is 2. The van der Waals surface area contributed by atoms with Crippen LogP contribution in [0.3, 0.4) is 0 Å². The minimum atomic E-state index is 0.383. The van der Waals surface area contributed by atoms with Gasteiger partial charge in [0.15, 0.2) is 0 Å². The van der Waals surface area contributed by atoms with E-state index in [1.165, 1.54) is 17.8 Å². The van der Waals surface area contributed by atoms with Crippen LogP contribution in [0.1, 0.15) is 50.2 Å². The van der Waals surface area contributed by atoms with Gasteiger partial charge in [-0.3, -0.25) is 0 Å². The Balaban J connectivity index is 2.40. The maximum Gasteiger partial charge on any atom is 0.135 e. The van der Waals surface area contributed by atoms with Crippen LogP contribution in [0.2, 0.25) is 0 Å². The van der Waals surface area contributed by atoms with Gasteiger partial charge >= 0.3 is 0 Å². The molecule has 19 heavy (non-hydrogen) atoms. The van der Waals surface area contributed by atoms with Crippen LogP contribution in [0.5, 0.6) is 0 Å². The number of aryl methyl sites for hydroxylation is 1. The average molecular weight is 262 g/mol. The number of rotatable bonds is 3. The highest BCUT2D eigenvalue weighted by atomic mass is 15.2. The topological polar surface area (TPSA) is 41.1 Å². The van der Waals surface area contributed by atoms with Gasteiger partial charge in [-0.2, -0.15) is 0 Å². The second kappa shape index (κ2) is 6.33. The maximum absolute atomic E-state index is 4.86. The normalized spacial score (nSPS) is 16.8. The largest absolute Gasteiger partial charge is 0.355 e. The van der Waals surface area contributed by atoms with Crippen molar-refractivity contribution in [3.05, 3.63) is 17.1 Å². The first-order valence-corrected chi connectivity index (χ1v) is 7.46. The van der Waals surface area contributed by atoms with Crippen molar-refractivity contribution in [2.24, 2.45) is 0 Å². The van der Waals surface area contributed by atoms with E-state index in [-0.39, 0.29) is 0 Å². The van der Waals surface area contributed by atoms with E-state index in [2.05, 4.69) is 42.9 Å². The lowest BCUT2D eigenvalue weighted by atomic mass is 10.1. The highest BCUT2D eigenvalue weighted by molar-refractivity contribution is 5.49. The highest BCUT2D eigenvalue weighted by Crippen LogP contribution is 2.24. The molecular weight excluding hydrogens is 236 g/mol. The molecule has 0 saturated carbocycles. The molecule has 0 unspecified atom stereocenters. The highest BCUT2D eigenvalue weighted by Gasteiger charge is 2.18. The molecule has 1 aromatic rings. The van der Waals surface area contributed by atoms with Crippen LogP contribution >= 0.6 is 0 Å². The molecule has 0 spiro atoms. The summed E-state index contributed by atoms with van der Waals surface area (Å²) >= 11 is 0. The summed E-state index contributed by atoms with van der Waals surface area (Å²) in [7, 11) is 0. The molecule has 1 aromatic heterocycles. The smallest absolute Gasteiger partial charge is 0.135 e. The van der Waals surface area contributed by atoms with Crippen molar-refractivity contribution < 1.29 is 0 Å². The van der Waals surface area contributed by atoms with Gasteiger partial charge in [-0.1, -0.05) is 20.8 Å². The Bertz CT molecular complexity index is 420. The molecule has 2 heterocycles. The minimum absolute atomic E-state index is 0.383. The lowest BCUT2D eigenvalue weighted by Gasteiger charge is -2.25. The molecule has 1 aliphatic rings. The van der Waals surface area contributed by atoms with Crippen molar-refractivity contribution in [2.75, 3.05) is 31.1 Å². The molecule has 0 aliphatic carbocycles. The fourth-order valence-electron chi connectivity index (χ4n) is 2.59. The van der Waals surface area contributed by atoms with Gasteiger partial charge in [0, 0.05) is 36.8 Å². The summed E-state index contributed by atoms with van der Waals surface area (Å²) in [6, 6.07) is 0. The number of hydrogen-bond acceptors (Lipinski definition) is 4. The van der Waals surface area contributed by atoms with Gasteiger partial charge < -0.3 is 10.2 Å². The van der Waals surface area contributed by atoms with Crippen LogP contribution in [0, 0.1) is 6.92 Å². The molecule has 0 amide bonds. The molecule has 0 radical (unpaired) electrons. The Morgan fingerprint density at radius 3 is 2.68 bits per heavy atom. The summed E-state index contributed by atoms with van der Waals surface area (Å²) in [5.74, 6) is 2.53. The van der Waals surface area contributed by atoms with E-state index in [0.29, 0.717) is 5.92 Å². The molecule has 1 fully saturated rings. The zero-order valence-corrected chi connectivity index (χ0v) is 12.7. The van der Waals surface area contributed by atoms with Crippen molar-refractivity contribution in [1.29, 1.82) is 0 Å². The molecule has 0 bridgehead atoms. The van der Waals surface area contributed by atoms with Gasteiger partial charge in [0.2, 0.25) is 0 Å². The van der Waals surface area contributed by atoms with Crippen LogP contribution in [-0.4, -0.2) is 36.1 Å². The standard InChI is InChI=1S/C15H26N4/c1-5-13-12(4)17-14(11(2)3)18-15(13)19-9-6-7-16-8-10-19/h11,16H,5-10H2,1-4H3. The number of anilines is 1. The number of hydrogen-bond donors (Lipinski definition) is 1. The molecular formula is C15H26N4. The summed E-state index contributed by atoms with van der Waals surface area (Å²) in [6.07, 6.45) is 2.19. The third-order valence-corrected chi connectivity index (χ3v) is 3.72. The molecule has 2 rings (SSSR count). The monoisotopic (exact) mass is 262 g/mol. The predicted octanol–water partition coefficient (Wildman–Crippen LogP) is 2.27. The van der Waals surface area contributed by atoms with Crippen LogP contribution in [0.4, 0.5) is 5.82 Å². The van der Waals surface area contributed by atoms with E-state index < -0.39 is 0 Å². The summed E-state index contributed by atoms with van der Waals surface area (Å²) in [4.78, 5) is 12.0. The van der Waals surface area contributed by atoms with Gasteiger partial charge in [-0.05, 0) is 26.3 Å². The first-order chi connectivity index (χ1) is 9.13. The Kier molecular flexibility index (Phi) is 4.75. The molecule has 106 valence electrons. The van der Waals surface area contributed by atoms with Crippen LogP contribution < -0.4 is 10.2 Å². The average Bonchev–Trinajstić information content (AvgIpc) is 2.66. The third kappa shape index (κ3) is 3.24. The molecule has 1 saturated heterocycles. The van der Waals surface area contributed by atoms with E-state index in [9.17, 15) is 0 Å². The SMILES string of the molecule is CCc1c(C)nc(C(C)C)nc1N1CCCNCC1. The summed E-state index contributed by atoms with van der Waals surface area (Å²) < 4.78 is 0. The Morgan fingerprint density at radius 1 is 1.21 bits per heavy atom. The number of nitrogens with zero attached hydrogens (tertiary/aromatic N) is 3. The van der Waals surface area contributed by atoms with Crippen molar-refractivity contribution >= 4 is 5.82 Å². The van der Waals surface area contributed by atoms with Gasteiger partial charge in [-0.25, -0.2) is 9.97 Å². The molecule has 1 N–H and O–H groups in total. The van der Waals surface area contributed by atoms with Crippen LogP contribution in [0.25, 0.3) is 0 Å². The quantitative estimate of drug-likeness (QED) is 0.907. The Labute approximate surface area is 116 Å². The van der Waals surface area contributed by atoms with Crippen LogP contribution in [0.15, 0.2) is 0 Å². The van der Waals surface area contributed by atoms with Gasteiger partial charge in [-0.15, -0.1) is 0 Å². The summed E-state index contributed by atoms with van der Waals surface area (Å²) in [5.41, 5.74) is 2.46. The number of nitrogens with one attached hydrogen (secondary N) is 1. The zero-order chi connectivity index (χ0) is 13.8. The van der Waals surface area contributed by atoms with Gasteiger partial charge in [0.25, 0.3) is 0 Å². The van der Waals surface area contributed by atoms with Crippen LogP contribution in [-0.2, 0) is 6.42 Å². The third-order valence-electron chi connectivity index (χ3n) is 3.72. The van der Waals surface area contributed by atoms with Gasteiger partial charge in [0.1, 0.15) is 11.6 Å². The second-order valence-corrected chi connectivity index (χ2v) is 5.57. The lowest BCUT2D eigenvalue weighted by molar-refractivity contribution is 0.723. The fourth-order valence-corrected chi connectivity index (χ4v) is 2.59. The Hall–Kier alpha value is -1.16. The summed E-state index contributed by atoms with van der Waals surface area (Å²) in [5, 5.41) is 3.45. The first kappa shape index (κ1) is 14.3. The van der Waals surface area contributed by atoms with E-state index in [4.69, 9.17) is 4.98 Å². The van der Waals surface area contributed by atoms with Crippen molar-refractivity contribution in [1.82, 2.24) is 15.3 Å². The predicted molar refractivity (Wildman–Crippen MR) is 79.9 cm³/mol. The fraction of sp³-hybridized carbons (Fsp3) is 0.733. The summed E-state index contributed by atoms with van der Waals surface area (Å²) in [6.45, 7) is 12.9. The van der Waals surface area contributed by atoms with Gasteiger partial charge in [0.05, 0.1) is 0 Å².